The fraction of sp³-hybridized carbons (Fsp3) is 0.983. The molecule has 0 spiro atoms. The molecule has 0 rings (SSSR count). The summed E-state index contributed by atoms with van der Waals surface area (Å²) in [4.78, 5) is 12.2. The number of rotatable bonds is 56. The summed E-state index contributed by atoms with van der Waals surface area (Å²) in [5, 5.41) is 0. The van der Waals surface area contributed by atoms with Crippen molar-refractivity contribution in [1.82, 2.24) is 0 Å². The Balaban J connectivity index is 5.89. The predicted octanol–water partition coefficient (Wildman–Crippen LogP) is 20.4. The molecule has 0 aromatic rings. The van der Waals surface area contributed by atoms with Gasteiger partial charge in [0.25, 0.3) is 0 Å². The van der Waals surface area contributed by atoms with E-state index in [9.17, 15) is 4.79 Å². The van der Waals surface area contributed by atoms with Gasteiger partial charge in [0.2, 0.25) is 0 Å². The first-order chi connectivity index (χ1) is 48.8. The van der Waals surface area contributed by atoms with Gasteiger partial charge in [-0.15, -0.1) is 0 Å². The van der Waals surface area contributed by atoms with Gasteiger partial charge in [-0.2, -0.15) is 0 Å². The Morgan fingerprint density at radius 2 is 0.345 bits per heavy atom. The molecule has 0 fully saturated rings. The normalized spacial score (nSPS) is 16.1. The predicted molar refractivity (Wildman–Crippen MR) is 523 cm³/mol. The van der Waals surface area contributed by atoms with Crippen molar-refractivity contribution in [3.05, 3.63) is 0 Å². The summed E-state index contributed by atoms with van der Waals surface area (Å²) < 4.78 is 178. The Labute approximate surface area is 720 Å². The van der Waals surface area contributed by atoms with Gasteiger partial charge < -0.3 is 108 Å². The maximum Gasteiger partial charge on any atom is 0.314 e. The number of esters is 1. The molecule has 0 aromatic heterocycles. The molecule has 0 saturated heterocycles. The van der Waals surface area contributed by atoms with Gasteiger partial charge in [-0.3, -0.25) is 4.79 Å². The zero-order chi connectivity index (χ0) is 90.4. The van der Waals surface area contributed by atoms with Gasteiger partial charge in [-0.25, -0.2) is 0 Å². The Morgan fingerprint density at radius 1 is 0.221 bits per heavy atom. The number of carbonyl (C=O) groups is 1. The third kappa shape index (κ3) is 54.1. The van der Waals surface area contributed by atoms with Gasteiger partial charge in [0.1, 0.15) is 0 Å². The lowest BCUT2D eigenvalue weighted by molar-refractivity contribution is -0.148. The number of carbonyl (C=O) groups excluding carboxylic acids is 1. The van der Waals surface area contributed by atoms with E-state index in [-0.39, 0.29) is 11.9 Å². The standard InChI is InChI=1S/C60H172O27Si26/c1-55-59(2)60(61)62-57-56-58-89(5,6)64-91(9,10)66-93(13,14)68-95(17,18)70-97(21,22)72-99(25,26)74-101(29,30)76-103(33,34)78-105(37,38)80-107(41,42)82-109(45,46)84-111(49,50)86-113(53,54)87-112(51,52)85-110(47,48)83-108(43,44)81-106(39,40)79-104(35,36)77-102(31,32)75-100(27,28)73-98(23,24)71-96(19,20)69-94(15,16)67-92(11,12)65-90(7,8)63-88(3)4/h59,88H,55-58H2,1-54H3. The summed E-state index contributed by atoms with van der Waals surface area (Å²) in [5.74, 6) is -0.238. The largest absolute Gasteiger partial charge is 0.465 e. The molecule has 0 aliphatic carbocycles. The van der Waals surface area contributed by atoms with E-state index < -0.39 is 223 Å². The molecular formula is C60H172O27Si26. The van der Waals surface area contributed by atoms with E-state index in [2.05, 4.69) is 340 Å². The number of hydrogen-bond donors (Lipinski definition) is 0. The van der Waals surface area contributed by atoms with E-state index in [0.717, 1.165) is 18.9 Å². The maximum absolute atomic E-state index is 12.2. The average molecular weight is 2060 g/mol. The summed E-state index contributed by atoms with van der Waals surface area (Å²) in [6.07, 6.45) is 1.52. The third-order valence-corrected chi connectivity index (χ3v) is 115. The van der Waals surface area contributed by atoms with Crippen LogP contribution in [0.2, 0.25) is 346 Å². The molecule has 0 radical (unpaired) electrons. The first-order valence-electron chi connectivity index (χ1n) is 40.4. The Bertz CT molecular complexity index is 2960. The minimum absolute atomic E-state index is 0.0953. The molecule has 0 bridgehead atoms. The topological polar surface area (TPSA) is 257 Å². The van der Waals surface area contributed by atoms with Crippen LogP contribution in [0.5, 0.6) is 0 Å². The molecule has 0 N–H and O–H groups in total. The van der Waals surface area contributed by atoms with Crippen LogP contribution in [0.15, 0.2) is 0 Å². The molecule has 0 aliphatic heterocycles. The van der Waals surface area contributed by atoms with E-state index in [1.807, 2.05) is 13.8 Å². The molecule has 678 valence electrons. The molecular weight excluding hydrogens is 1880 g/mol. The van der Waals surface area contributed by atoms with Crippen LogP contribution < -0.4 is 0 Å². The highest BCUT2D eigenvalue weighted by molar-refractivity contribution is 6.98. The number of hydrogen-bond acceptors (Lipinski definition) is 27. The van der Waals surface area contributed by atoms with Crippen molar-refractivity contribution in [1.29, 1.82) is 0 Å². The van der Waals surface area contributed by atoms with E-state index in [1.54, 1.807) is 0 Å². The minimum atomic E-state index is -2.93. The Hall–Kier alpha value is 4.11. The van der Waals surface area contributed by atoms with Gasteiger partial charge >= 0.3 is 211 Å². The Kier molecular flexibility index (Phi) is 42.8. The summed E-state index contributed by atoms with van der Waals surface area (Å²) in [6, 6.07) is 0.853. The molecule has 1 unspecified atom stereocenters. The highest BCUT2D eigenvalue weighted by Gasteiger charge is 2.57. The molecule has 53 heteroatoms. The summed E-state index contributed by atoms with van der Waals surface area (Å²) in [7, 11) is -71.4. The van der Waals surface area contributed by atoms with Gasteiger partial charge in [0, 0.05) is 0 Å². The van der Waals surface area contributed by atoms with Crippen LogP contribution in [0.25, 0.3) is 0 Å². The molecule has 0 amide bonds. The van der Waals surface area contributed by atoms with E-state index in [4.69, 9.17) is 108 Å². The second-order valence-electron chi connectivity index (χ2n) is 41.6. The smallest absolute Gasteiger partial charge is 0.314 e. The summed E-state index contributed by atoms with van der Waals surface area (Å²) >= 11 is 0. The van der Waals surface area contributed by atoms with Crippen molar-refractivity contribution in [3.63, 3.8) is 0 Å². The SMILES string of the molecule is CCC(C)C(=O)OCCC[Si](C)(C)O[Si](C)(C)O[Si](C)(C)O[Si](C)(C)O[Si](C)(C)O[Si](C)(C)O[Si](C)(C)O[Si](C)(C)O[Si](C)(C)O[Si](C)(C)O[Si](C)(C)O[Si](C)(C)O[Si](C)(C)O[Si](C)(C)O[Si](C)(C)O[Si](C)(C)O[Si](C)(C)O[Si](C)(C)O[Si](C)(C)O[Si](C)(C)O[Si](C)(C)O[Si](C)(C)O[Si](C)(C)O[Si](C)(C)O[Si](C)(C)O[SiH](C)C. The second kappa shape index (κ2) is 41.3. The van der Waals surface area contributed by atoms with E-state index >= 15 is 0 Å². The fourth-order valence-corrected chi connectivity index (χ4v) is 150. The summed E-state index contributed by atoms with van der Waals surface area (Å²) in [5.41, 5.74) is 0. The van der Waals surface area contributed by atoms with Gasteiger partial charge in [-0.05, 0) is 359 Å². The van der Waals surface area contributed by atoms with Gasteiger partial charge in [0.05, 0.1) is 12.5 Å². The van der Waals surface area contributed by atoms with Crippen LogP contribution in [0, 0.1) is 5.92 Å². The molecule has 0 aliphatic rings. The zero-order valence-electron chi connectivity index (χ0n) is 82.0. The molecule has 1 atom stereocenters. The average Bonchev–Trinajstić information content (AvgIpc) is 0.806. The van der Waals surface area contributed by atoms with Crippen LogP contribution in [-0.4, -0.2) is 235 Å². The van der Waals surface area contributed by atoms with Crippen LogP contribution in [0.1, 0.15) is 26.7 Å². The van der Waals surface area contributed by atoms with Gasteiger partial charge in [-0.1, -0.05) is 13.8 Å². The summed E-state index contributed by atoms with van der Waals surface area (Å²) in [6.45, 7) is 112. The van der Waals surface area contributed by atoms with Crippen molar-refractivity contribution in [2.45, 2.75) is 373 Å². The highest BCUT2D eigenvalue weighted by atomic mass is 28.6. The minimum Gasteiger partial charge on any atom is -0.465 e. The number of ether oxygens (including phenoxy) is 1. The van der Waals surface area contributed by atoms with Crippen molar-refractivity contribution >= 4 is 229 Å². The molecule has 113 heavy (non-hydrogen) atoms. The first kappa shape index (κ1) is 117. The molecule has 0 saturated carbocycles. The lowest BCUT2D eigenvalue weighted by Gasteiger charge is -2.45. The quantitative estimate of drug-likeness (QED) is 0.0311. The highest BCUT2D eigenvalue weighted by Crippen LogP contribution is 2.37. The van der Waals surface area contributed by atoms with Crippen LogP contribution in [0.3, 0.4) is 0 Å². The van der Waals surface area contributed by atoms with Crippen LogP contribution in [-0.2, 0) is 112 Å². The van der Waals surface area contributed by atoms with E-state index in [1.165, 1.54) is 0 Å². The lowest BCUT2D eigenvalue weighted by atomic mass is 10.1. The van der Waals surface area contributed by atoms with Crippen LogP contribution in [0.4, 0.5) is 0 Å². The lowest BCUT2D eigenvalue weighted by Crippen LogP contribution is -2.63. The Morgan fingerprint density at radius 3 is 0.469 bits per heavy atom. The van der Waals surface area contributed by atoms with Crippen molar-refractivity contribution in [2.24, 2.45) is 5.92 Å². The second-order valence-corrected chi connectivity index (χ2v) is 135. The fourth-order valence-electron chi connectivity index (χ4n) is 16.4. The maximum atomic E-state index is 12.2. The molecule has 0 aromatic carbocycles. The monoisotopic (exact) mass is 2050 g/mol. The molecule has 0 heterocycles. The van der Waals surface area contributed by atoms with Crippen LogP contribution >= 0.6 is 0 Å². The van der Waals surface area contributed by atoms with Crippen molar-refractivity contribution < 1.29 is 112 Å². The van der Waals surface area contributed by atoms with E-state index in [0.29, 0.717) is 6.61 Å². The molecule has 27 nitrogen and oxygen atoms in total. The first-order valence-corrected chi connectivity index (χ1v) is 114. The van der Waals surface area contributed by atoms with Gasteiger partial charge in [0.15, 0.2) is 17.4 Å². The zero-order valence-corrected chi connectivity index (χ0v) is 108. The third-order valence-electron chi connectivity index (χ3n) is 14.5. The van der Waals surface area contributed by atoms with Crippen molar-refractivity contribution in [3.8, 4) is 0 Å². The van der Waals surface area contributed by atoms with Crippen molar-refractivity contribution in [2.75, 3.05) is 6.61 Å².